The van der Waals surface area contributed by atoms with Gasteiger partial charge in [0.25, 0.3) is 0 Å². The average Bonchev–Trinajstić information content (AvgIpc) is 2.88. The molecule has 0 aromatic heterocycles. The van der Waals surface area contributed by atoms with E-state index in [1.165, 1.54) is 12.1 Å². The second-order valence-electron chi connectivity index (χ2n) is 9.26. The van der Waals surface area contributed by atoms with Crippen LogP contribution in [0.15, 0.2) is 89.8 Å². The maximum absolute atomic E-state index is 13.3. The molecule has 0 aliphatic heterocycles. The Bertz CT molecular complexity index is 1240. The predicted octanol–water partition coefficient (Wildman–Crippen LogP) is 3.51. The van der Waals surface area contributed by atoms with Gasteiger partial charge in [-0.2, -0.15) is 0 Å². The topological polar surface area (TPSA) is 131 Å². The molecule has 3 aromatic carbocycles. The SMILES string of the molecule is CC(C)C(NC[C@@H](O)C(Cc1ccccc1)NC(=O)OCc1ccccc1)S(=O)(=O)c1cccc(N)c1. The molecule has 3 aromatic rings. The summed E-state index contributed by atoms with van der Waals surface area (Å²) >= 11 is 0. The van der Waals surface area contributed by atoms with Crippen LogP contribution >= 0.6 is 0 Å². The van der Waals surface area contributed by atoms with Crippen LogP contribution in [0.4, 0.5) is 10.5 Å². The van der Waals surface area contributed by atoms with Gasteiger partial charge in [-0.1, -0.05) is 80.6 Å². The smallest absolute Gasteiger partial charge is 0.407 e. The number of anilines is 1. The molecule has 0 saturated heterocycles. The molecule has 0 fully saturated rings. The summed E-state index contributed by atoms with van der Waals surface area (Å²) < 4.78 is 32.0. The number of nitrogen functional groups attached to an aromatic ring is 1. The number of amides is 1. The van der Waals surface area contributed by atoms with Gasteiger partial charge in [-0.25, -0.2) is 13.2 Å². The number of nitrogens with two attached hydrogens (primary N) is 1. The molecule has 0 radical (unpaired) electrons. The van der Waals surface area contributed by atoms with Crippen LogP contribution in [0, 0.1) is 5.92 Å². The lowest BCUT2D eigenvalue weighted by Gasteiger charge is -2.28. The van der Waals surface area contributed by atoms with Crippen LogP contribution in [-0.2, 0) is 27.6 Å². The highest BCUT2D eigenvalue weighted by molar-refractivity contribution is 7.92. The van der Waals surface area contributed by atoms with Gasteiger partial charge < -0.3 is 20.9 Å². The number of ether oxygens (including phenoxy) is 1. The van der Waals surface area contributed by atoms with Gasteiger partial charge >= 0.3 is 6.09 Å². The van der Waals surface area contributed by atoms with E-state index in [0.29, 0.717) is 12.1 Å². The highest BCUT2D eigenvalue weighted by Crippen LogP contribution is 2.22. The summed E-state index contributed by atoms with van der Waals surface area (Å²) in [5.74, 6) is -0.296. The van der Waals surface area contributed by atoms with Crippen LogP contribution in [-0.4, -0.2) is 43.7 Å². The summed E-state index contributed by atoms with van der Waals surface area (Å²) in [7, 11) is -3.78. The molecule has 0 heterocycles. The Balaban J connectivity index is 1.71. The highest BCUT2D eigenvalue weighted by atomic mass is 32.2. The van der Waals surface area contributed by atoms with Crippen molar-refractivity contribution in [3.63, 3.8) is 0 Å². The van der Waals surface area contributed by atoms with Crippen LogP contribution in [0.3, 0.4) is 0 Å². The van der Waals surface area contributed by atoms with Gasteiger partial charge in [0.2, 0.25) is 0 Å². The molecule has 8 nitrogen and oxygen atoms in total. The molecule has 9 heteroatoms. The molecule has 2 unspecified atom stereocenters. The summed E-state index contributed by atoms with van der Waals surface area (Å²) in [6.45, 7) is 3.59. The summed E-state index contributed by atoms with van der Waals surface area (Å²) in [4.78, 5) is 12.7. The Kier molecular flexibility index (Phi) is 10.1. The van der Waals surface area contributed by atoms with Gasteiger partial charge in [-0.15, -0.1) is 0 Å². The monoisotopic (exact) mass is 525 g/mol. The second kappa shape index (κ2) is 13.2. The van der Waals surface area contributed by atoms with Crippen LogP contribution in [0.5, 0.6) is 0 Å². The van der Waals surface area contributed by atoms with Crippen molar-refractivity contribution in [2.24, 2.45) is 5.92 Å². The van der Waals surface area contributed by atoms with Gasteiger partial charge in [0.1, 0.15) is 12.0 Å². The third-order valence-corrected chi connectivity index (χ3v) is 8.22. The minimum atomic E-state index is -3.78. The number of aliphatic hydroxyl groups is 1. The Labute approximate surface area is 218 Å². The Hall–Kier alpha value is -3.40. The van der Waals surface area contributed by atoms with Gasteiger partial charge in [-0.05, 0) is 41.7 Å². The first-order valence-corrected chi connectivity index (χ1v) is 13.7. The van der Waals surface area contributed by atoms with Crippen LogP contribution < -0.4 is 16.4 Å². The summed E-state index contributed by atoms with van der Waals surface area (Å²) in [5, 5.41) is 15.9. The van der Waals surface area contributed by atoms with E-state index in [9.17, 15) is 18.3 Å². The summed E-state index contributed by atoms with van der Waals surface area (Å²) in [6.07, 6.45) is -1.43. The van der Waals surface area contributed by atoms with Crippen molar-refractivity contribution in [1.82, 2.24) is 10.6 Å². The van der Waals surface area contributed by atoms with E-state index in [1.54, 1.807) is 26.0 Å². The van der Waals surface area contributed by atoms with Crippen molar-refractivity contribution in [3.8, 4) is 0 Å². The minimum Gasteiger partial charge on any atom is -0.445 e. The Morgan fingerprint density at radius 3 is 2.16 bits per heavy atom. The zero-order valence-electron chi connectivity index (χ0n) is 21.1. The predicted molar refractivity (Wildman–Crippen MR) is 144 cm³/mol. The number of carbonyl (C=O) groups is 1. The second-order valence-corrected chi connectivity index (χ2v) is 11.3. The number of sulfone groups is 1. The average molecular weight is 526 g/mol. The Morgan fingerprint density at radius 2 is 1.57 bits per heavy atom. The molecule has 1 amide bonds. The van der Waals surface area contributed by atoms with E-state index in [4.69, 9.17) is 10.5 Å². The van der Waals surface area contributed by atoms with Crippen molar-refractivity contribution in [2.75, 3.05) is 12.3 Å². The van der Waals surface area contributed by atoms with Crippen molar-refractivity contribution >= 4 is 21.6 Å². The number of hydrogen-bond acceptors (Lipinski definition) is 7. The molecule has 3 atom stereocenters. The number of aliphatic hydroxyl groups excluding tert-OH is 1. The number of alkyl carbamates (subject to hydrolysis) is 1. The quantitative estimate of drug-likeness (QED) is 0.266. The lowest BCUT2D eigenvalue weighted by Crippen LogP contribution is -2.52. The normalized spacial score (nSPS) is 14.1. The zero-order chi connectivity index (χ0) is 26.8. The molecular formula is C28H35N3O5S. The largest absolute Gasteiger partial charge is 0.445 e. The van der Waals surface area contributed by atoms with E-state index in [2.05, 4.69) is 10.6 Å². The van der Waals surface area contributed by atoms with Gasteiger partial charge in [-0.3, -0.25) is 5.32 Å². The molecule has 198 valence electrons. The van der Waals surface area contributed by atoms with E-state index in [0.717, 1.165) is 11.1 Å². The molecular weight excluding hydrogens is 490 g/mol. The lowest BCUT2D eigenvalue weighted by molar-refractivity contribution is 0.0993. The van der Waals surface area contributed by atoms with Gasteiger partial charge in [0, 0.05) is 12.2 Å². The molecule has 0 spiro atoms. The van der Waals surface area contributed by atoms with E-state index >= 15 is 0 Å². The molecule has 0 bridgehead atoms. The summed E-state index contributed by atoms with van der Waals surface area (Å²) in [6, 6.07) is 24.1. The molecule has 5 N–H and O–H groups in total. The minimum absolute atomic E-state index is 0.0686. The molecule has 37 heavy (non-hydrogen) atoms. The first-order valence-electron chi connectivity index (χ1n) is 12.2. The first-order chi connectivity index (χ1) is 17.7. The van der Waals surface area contributed by atoms with Crippen LogP contribution in [0.2, 0.25) is 0 Å². The summed E-state index contributed by atoms with van der Waals surface area (Å²) in [5.41, 5.74) is 7.89. The molecule has 0 saturated carbocycles. The fourth-order valence-corrected chi connectivity index (χ4v) is 5.88. The number of nitrogens with one attached hydrogen (secondary N) is 2. The van der Waals surface area contributed by atoms with E-state index < -0.39 is 33.5 Å². The van der Waals surface area contributed by atoms with Gasteiger partial charge in [0.05, 0.1) is 17.0 Å². The van der Waals surface area contributed by atoms with E-state index in [1.807, 2.05) is 60.7 Å². The fraction of sp³-hybridized carbons (Fsp3) is 0.321. The fourth-order valence-electron chi connectivity index (χ4n) is 3.99. The zero-order valence-corrected chi connectivity index (χ0v) is 21.9. The third-order valence-electron chi connectivity index (χ3n) is 5.93. The number of hydrogen-bond donors (Lipinski definition) is 4. The van der Waals surface area contributed by atoms with Gasteiger partial charge in [0.15, 0.2) is 9.84 Å². The van der Waals surface area contributed by atoms with Crippen LogP contribution in [0.25, 0.3) is 0 Å². The maximum atomic E-state index is 13.3. The maximum Gasteiger partial charge on any atom is 0.407 e. The third kappa shape index (κ3) is 8.31. The standard InChI is InChI=1S/C28H35N3O5S/c1-20(2)27(37(34,35)24-15-9-14-23(29)17-24)30-18-26(32)25(16-21-10-5-3-6-11-21)31-28(33)36-19-22-12-7-4-8-13-22/h3-15,17,20,25-27,30,32H,16,18-19,29H2,1-2H3,(H,31,33)/t25?,26-,27?/m1/s1. The van der Waals surface area contributed by atoms with E-state index in [-0.39, 0.29) is 24.0 Å². The van der Waals surface area contributed by atoms with Crippen molar-refractivity contribution < 1.29 is 23.1 Å². The van der Waals surface area contributed by atoms with Crippen molar-refractivity contribution in [3.05, 3.63) is 96.1 Å². The number of benzene rings is 3. The molecule has 0 aliphatic carbocycles. The van der Waals surface area contributed by atoms with Crippen molar-refractivity contribution in [1.29, 1.82) is 0 Å². The molecule has 3 rings (SSSR count). The Morgan fingerprint density at radius 1 is 0.946 bits per heavy atom. The van der Waals surface area contributed by atoms with Crippen molar-refractivity contribution in [2.45, 2.75) is 49.3 Å². The number of rotatable bonds is 12. The highest BCUT2D eigenvalue weighted by Gasteiger charge is 2.32. The lowest BCUT2D eigenvalue weighted by atomic mass is 10.0. The number of carbonyl (C=O) groups excluding carboxylic acids is 1. The van der Waals surface area contributed by atoms with Crippen LogP contribution in [0.1, 0.15) is 25.0 Å². The first kappa shape index (κ1) is 28.2. The molecule has 0 aliphatic rings.